The average molecular weight is 144 g/mol. The number of hydrogen-bond acceptors (Lipinski definition) is 2. The summed E-state index contributed by atoms with van der Waals surface area (Å²) in [5, 5.41) is 9.35. The van der Waals surface area contributed by atoms with Gasteiger partial charge in [0.05, 0.1) is 6.10 Å². The van der Waals surface area contributed by atoms with Gasteiger partial charge in [-0.15, -0.1) is 0 Å². The van der Waals surface area contributed by atoms with Crippen LogP contribution in [0.2, 0.25) is 0 Å². The molecule has 0 saturated heterocycles. The van der Waals surface area contributed by atoms with Gasteiger partial charge in [0.2, 0.25) is 0 Å². The summed E-state index contributed by atoms with van der Waals surface area (Å²) < 4.78 is 0. The van der Waals surface area contributed by atoms with Crippen LogP contribution in [0.25, 0.3) is 0 Å². The van der Waals surface area contributed by atoms with Gasteiger partial charge < -0.3 is 9.90 Å². The fraction of sp³-hybridized carbons (Fsp3) is 0.875. The Labute approximate surface area is 62.2 Å². The van der Waals surface area contributed by atoms with Crippen LogP contribution in [0.3, 0.4) is 0 Å². The maximum absolute atomic E-state index is 10.2. The van der Waals surface area contributed by atoms with E-state index in [1.165, 1.54) is 0 Å². The molecule has 0 aliphatic heterocycles. The van der Waals surface area contributed by atoms with Crippen molar-refractivity contribution in [2.45, 2.75) is 33.3 Å². The second kappa shape index (κ2) is 4.45. The predicted molar refractivity (Wildman–Crippen MR) is 40.7 cm³/mol. The number of hydrogen-bond donors (Lipinski definition) is 1. The van der Waals surface area contributed by atoms with Crippen LogP contribution in [0.5, 0.6) is 0 Å². The summed E-state index contributed by atoms with van der Waals surface area (Å²) >= 11 is 0. The Kier molecular flexibility index (Phi) is 4.28. The zero-order valence-corrected chi connectivity index (χ0v) is 6.87. The Bertz CT molecular complexity index is 101. The molecule has 0 aromatic carbocycles. The lowest BCUT2D eigenvalue weighted by Crippen LogP contribution is -2.25. The van der Waals surface area contributed by atoms with E-state index in [1.54, 1.807) is 6.92 Å². The van der Waals surface area contributed by atoms with Gasteiger partial charge in [0, 0.05) is 5.92 Å². The largest absolute Gasteiger partial charge is 0.392 e. The van der Waals surface area contributed by atoms with Crippen molar-refractivity contribution in [1.29, 1.82) is 0 Å². The van der Waals surface area contributed by atoms with Crippen molar-refractivity contribution in [2.75, 3.05) is 0 Å². The molecule has 0 aromatic heterocycles. The van der Waals surface area contributed by atoms with Gasteiger partial charge in [-0.05, 0) is 5.92 Å². The molecule has 2 nitrogen and oxygen atoms in total. The van der Waals surface area contributed by atoms with Crippen molar-refractivity contribution in [2.24, 2.45) is 11.8 Å². The maximum atomic E-state index is 10.2. The smallest absolute Gasteiger partial charge is 0.125 e. The molecule has 0 aliphatic carbocycles. The Balaban J connectivity index is 3.80. The highest BCUT2D eigenvalue weighted by Gasteiger charge is 2.18. The van der Waals surface area contributed by atoms with Crippen LogP contribution < -0.4 is 0 Å². The molecule has 3 atom stereocenters. The van der Waals surface area contributed by atoms with Gasteiger partial charge in [0.25, 0.3) is 0 Å². The van der Waals surface area contributed by atoms with Crippen molar-refractivity contribution in [3.63, 3.8) is 0 Å². The quantitative estimate of drug-likeness (QED) is 0.602. The normalized spacial score (nSPS) is 19.6. The Morgan fingerprint density at radius 1 is 1.50 bits per heavy atom. The van der Waals surface area contributed by atoms with Crippen molar-refractivity contribution >= 4 is 6.29 Å². The number of carbonyl (C=O) groups excluding carboxylic acids is 1. The molecule has 60 valence electrons. The minimum atomic E-state index is -0.470. The minimum Gasteiger partial charge on any atom is -0.392 e. The molecule has 0 saturated carbocycles. The lowest BCUT2D eigenvalue weighted by Gasteiger charge is -2.19. The molecule has 0 fully saturated rings. The third kappa shape index (κ3) is 2.48. The molecule has 0 radical (unpaired) electrons. The van der Waals surface area contributed by atoms with Crippen LogP contribution >= 0.6 is 0 Å². The Morgan fingerprint density at radius 3 is 2.30 bits per heavy atom. The predicted octanol–water partition coefficient (Wildman–Crippen LogP) is 1.23. The molecule has 2 heteroatoms. The molecule has 3 unspecified atom stereocenters. The van der Waals surface area contributed by atoms with Crippen LogP contribution in [-0.2, 0) is 4.79 Å². The van der Waals surface area contributed by atoms with Crippen molar-refractivity contribution in [1.82, 2.24) is 0 Å². The zero-order valence-electron chi connectivity index (χ0n) is 6.87. The standard InChI is InChI=1S/C8H16O2/c1-4-6(2)8(10)7(3)5-9/h5-8,10H,4H2,1-3H3. The summed E-state index contributed by atoms with van der Waals surface area (Å²) in [4.78, 5) is 10.2. The molecular formula is C8H16O2. The van der Waals surface area contributed by atoms with E-state index >= 15 is 0 Å². The SMILES string of the molecule is CCC(C)C(O)C(C)C=O. The third-order valence-corrected chi connectivity index (χ3v) is 1.98. The third-order valence-electron chi connectivity index (χ3n) is 1.98. The number of aliphatic hydroxyl groups excluding tert-OH is 1. The van der Waals surface area contributed by atoms with Gasteiger partial charge in [-0.25, -0.2) is 0 Å². The monoisotopic (exact) mass is 144 g/mol. The van der Waals surface area contributed by atoms with E-state index in [9.17, 15) is 9.90 Å². The minimum absolute atomic E-state index is 0.222. The molecule has 1 N–H and O–H groups in total. The molecular weight excluding hydrogens is 128 g/mol. The first kappa shape index (κ1) is 9.63. The zero-order chi connectivity index (χ0) is 8.15. The maximum Gasteiger partial charge on any atom is 0.125 e. The van der Waals surface area contributed by atoms with Gasteiger partial charge in [0.15, 0.2) is 0 Å². The van der Waals surface area contributed by atoms with Gasteiger partial charge in [0.1, 0.15) is 6.29 Å². The van der Waals surface area contributed by atoms with Crippen LogP contribution in [0.15, 0.2) is 0 Å². The first-order valence-corrected chi connectivity index (χ1v) is 3.76. The van der Waals surface area contributed by atoms with E-state index in [1.807, 2.05) is 13.8 Å². The number of carbonyl (C=O) groups is 1. The lowest BCUT2D eigenvalue weighted by molar-refractivity contribution is -0.114. The van der Waals surface area contributed by atoms with Crippen molar-refractivity contribution in [3.05, 3.63) is 0 Å². The lowest BCUT2D eigenvalue weighted by atomic mass is 9.93. The summed E-state index contributed by atoms with van der Waals surface area (Å²) in [6.45, 7) is 5.69. The van der Waals surface area contributed by atoms with E-state index in [0.29, 0.717) is 0 Å². The first-order valence-electron chi connectivity index (χ1n) is 3.76. The van der Waals surface area contributed by atoms with Crippen LogP contribution in [0, 0.1) is 11.8 Å². The topological polar surface area (TPSA) is 37.3 Å². The highest BCUT2D eigenvalue weighted by atomic mass is 16.3. The van der Waals surface area contributed by atoms with Gasteiger partial charge in [-0.2, -0.15) is 0 Å². The Hall–Kier alpha value is -0.370. The number of aldehydes is 1. The van der Waals surface area contributed by atoms with E-state index in [0.717, 1.165) is 12.7 Å². The molecule has 0 spiro atoms. The summed E-state index contributed by atoms with van der Waals surface area (Å²) in [7, 11) is 0. The average Bonchev–Trinajstić information content (AvgIpc) is 2.00. The first-order chi connectivity index (χ1) is 4.63. The van der Waals surface area contributed by atoms with E-state index in [-0.39, 0.29) is 11.8 Å². The molecule has 0 amide bonds. The van der Waals surface area contributed by atoms with Crippen molar-refractivity contribution in [3.8, 4) is 0 Å². The molecule has 0 heterocycles. The summed E-state index contributed by atoms with van der Waals surface area (Å²) in [5.74, 6) is -0.00449. The molecule has 0 bridgehead atoms. The summed E-state index contributed by atoms with van der Waals surface area (Å²) in [6, 6.07) is 0. The van der Waals surface area contributed by atoms with E-state index in [4.69, 9.17) is 0 Å². The second-order valence-corrected chi connectivity index (χ2v) is 2.87. The van der Waals surface area contributed by atoms with Crippen LogP contribution in [0.4, 0.5) is 0 Å². The highest BCUT2D eigenvalue weighted by Crippen LogP contribution is 2.13. The van der Waals surface area contributed by atoms with Crippen LogP contribution in [0.1, 0.15) is 27.2 Å². The summed E-state index contributed by atoms with van der Waals surface area (Å²) in [5.41, 5.74) is 0. The van der Waals surface area contributed by atoms with Crippen LogP contribution in [-0.4, -0.2) is 17.5 Å². The molecule has 0 aromatic rings. The number of rotatable bonds is 4. The number of aliphatic hydroxyl groups is 1. The van der Waals surface area contributed by atoms with Crippen molar-refractivity contribution < 1.29 is 9.90 Å². The molecule has 10 heavy (non-hydrogen) atoms. The fourth-order valence-electron chi connectivity index (χ4n) is 0.840. The second-order valence-electron chi connectivity index (χ2n) is 2.87. The summed E-state index contributed by atoms with van der Waals surface area (Å²) in [6.07, 6.45) is 1.25. The van der Waals surface area contributed by atoms with Gasteiger partial charge in [-0.3, -0.25) is 0 Å². The molecule has 0 aliphatic rings. The van der Waals surface area contributed by atoms with Gasteiger partial charge in [-0.1, -0.05) is 27.2 Å². The fourth-order valence-corrected chi connectivity index (χ4v) is 0.840. The highest BCUT2D eigenvalue weighted by molar-refractivity contribution is 5.53. The Morgan fingerprint density at radius 2 is 2.00 bits per heavy atom. The van der Waals surface area contributed by atoms with E-state index in [2.05, 4.69) is 0 Å². The van der Waals surface area contributed by atoms with Gasteiger partial charge >= 0.3 is 0 Å². The van der Waals surface area contributed by atoms with E-state index < -0.39 is 6.10 Å². The molecule has 0 rings (SSSR count).